The van der Waals surface area contributed by atoms with Crippen molar-refractivity contribution in [1.82, 2.24) is 0 Å². The van der Waals surface area contributed by atoms with Crippen LogP contribution < -0.4 is 0 Å². The van der Waals surface area contributed by atoms with Crippen LogP contribution in [0, 0.1) is 29.1 Å². The lowest BCUT2D eigenvalue weighted by atomic mass is 9.71. The van der Waals surface area contributed by atoms with Crippen LogP contribution in [0.4, 0.5) is 0 Å². The van der Waals surface area contributed by atoms with Crippen LogP contribution in [0.2, 0.25) is 0 Å². The molecule has 0 aliphatic heterocycles. The monoisotopic (exact) mass is 196 g/mol. The Morgan fingerprint density at radius 3 is 1.93 bits per heavy atom. The van der Waals surface area contributed by atoms with Crippen molar-refractivity contribution in [3.05, 3.63) is 0 Å². The molecule has 0 aromatic heterocycles. The van der Waals surface area contributed by atoms with Gasteiger partial charge in [-0.05, 0) is 29.1 Å². The van der Waals surface area contributed by atoms with E-state index in [0.29, 0.717) is 5.41 Å². The van der Waals surface area contributed by atoms with Gasteiger partial charge in [0.25, 0.3) is 0 Å². The average Bonchev–Trinajstić information content (AvgIpc) is 2.86. The fraction of sp³-hybridized carbons (Fsp3) is 1.00. The van der Waals surface area contributed by atoms with Crippen molar-refractivity contribution in [3.63, 3.8) is 0 Å². The molecule has 0 nitrogen and oxygen atoms in total. The fourth-order valence-corrected chi connectivity index (χ4v) is 3.41. The Morgan fingerprint density at radius 2 is 1.64 bits per heavy atom. The zero-order chi connectivity index (χ0) is 10.9. The highest BCUT2D eigenvalue weighted by Gasteiger charge is 2.51. The molecule has 84 valence electrons. The van der Waals surface area contributed by atoms with Gasteiger partial charge in [-0.1, -0.05) is 60.8 Å². The van der Waals surface area contributed by atoms with E-state index in [4.69, 9.17) is 0 Å². The Hall–Kier alpha value is 0. The predicted molar refractivity (Wildman–Crippen MR) is 64.3 cm³/mol. The van der Waals surface area contributed by atoms with E-state index in [9.17, 15) is 0 Å². The minimum absolute atomic E-state index is 0.586. The lowest BCUT2D eigenvalue weighted by molar-refractivity contribution is 0.152. The molecule has 0 amide bonds. The summed E-state index contributed by atoms with van der Waals surface area (Å²) in [6.07, 6.45) is 4.06. The number of hydrogen-bond donors (Lipinski definition) is 0. The molecule has 0 saturated heterocycles. The lowest BCUT2D eigenvalue weighted by Gasteiger charge is -2.34. The van der Waals surface area contributed by atoms with Gasteiger partial charge in [-0.25, -0.2) is 0 Å². The Labute approximate surface area is 90.5 Å². The summed E-state index contributed by atoms with van der Waals surface area (Å²) in [5.41, 5.74) is 0.586. The molecule has 0 aromatic carbocycles. The molecule has 4 unspecified atom stereocenters. The van der Waals surface area contributed by atoms with E-state index in [-0.39, 0.29) is 0 Å². The van der Waals surface area contributed by atoms with Crippen molar-refractivity contribution in [2.75, 3.05) is 0 Å². The molecule has 1 aliphatic carbocycles. The van der Waals surface area contributed by atoms with Crippen LogP contribution in [0.25, 0.3) is 0 Å². The molecule has 1 aliphatic rings. The third kappa shape index (κ3) is 1.85. The van der Waals surface area contributed by atoms with Crippen LogP contribution >= 0.6 is 0 Å². The first-order chi connectivity index (χ1) is 6.51. The summed E-state index contributed by atoms with van der Waals surface area (Å²) in [5.74, 6) is 3.96. The Bertz CT molecular complexity index is 178. The largest absolute Gasteiger partial charge is 0.0651 e. The van der Waals surface area contributed by atoms with Gasteiger partial charge in [0, 0.05) is 0 Å². The Balaban J connectivity index is 2.61. The van der Waals surface area contributed by atoms with Crippen molar-refractivity contribution in [3.8, 4) is 0 Å². The second-order valence-electron chi connectivity index (χ2n) is 5.66. The van der Waals surface area contributed by atoms with E-state index in [1.807, 2.05) is 0 Å². The summed E-state index contributed by atoms with van der Waals surface area (Å²) in [7, 11) is 0. The summed E-state index contributed by atoms with van der Waals surface area (Å²) >= 11 is 0. The van der Waals surface area contributed by atoms with Gasteiger partial charge >= 0.3 is 0 Å². The molecule has 0 aromatic rings. The van der Waals surface area contributed by atoms with Gasteiger partial charge < -0.3 is 0 Å². The fourth-order valence-electron chi connectivity index (χ4n) is 3.41. The first-order valence-electron chi connectivity index (χ1n) is 6.51. The summed E-state index contributed by atoms with van der Waals surface area (Å²) in [6.45, 7) is 14.5. The second-order valence-corrected chi connectivity index (χ2v) is 5.66. The van der Waals surface area contributed by atoms with Crippen LogP contribution in [-0.2, 0) is 0 Å². The molecule has 0 radical (unpaired) electrons. The van der Waals surface area contributed by atoms with Crippen molar-refractivity contribution in [2.45, 2.75) is 60.8 Å². The molecule has 0 N–H and O–H groups in total. The summed E-state index contributed by atoms with van der Waals surface area (Å²) in [5, 5.41) is 0. The highest BCUT2D eigenvalue weighted by molar-refractivity contribution is 5.00. The van der Waals surface area contributed by atoms with E-state index in [2.05, 4.69) is 41.5 Å². The van der Waals surface area contributed by atoms with Crippen molar-refractivity contribution in [2.24, 2.45) is 29.1 Å². The van der Waals surface area contributed by atoms with Gasteiger partial charge in [0.2, 0.25) is 0 Å². The van der Waals surface area contributed by atoms with E-state index in [1.165, 1.54) is 19.3 Å². The van der Waals surface area contributed by atoms with Gasteiger partial charge in [0.15, 0.2) is 0 Å². The SMILES string of the molecule is CCC1C(C)C1C(C)C(C)(CC)CC. The van der Waals surface area contributed by atoms with Gasteiger partial charge in [-0.2, -0.15) is 0 Å². The zero-order valence-corrected chi connectivity index (χ0v) is 10.9. The summed E-state index contributed by atoms with van der Waals surface area (Å²) in [4.78, 5) is 0. The minimum atomic E-state index is 0.586. The predicted octanol–water partition coefficient (Wildman–Crippen LogP) is 4.74. The molecule has 0 heterocycles. The van der Waals surface area contributed by atoms with Crippen LogP contribution in [0.15, 0.2) is 0 Å². The quantitative estimate of drug-likeness (QED) is 0.595. The molecular weight excluding hydrogens is 168 g/mol. The highest BCUT2D eigenvalue weighted by Crippen LogP contribution is 2.58. The van der Waals surface area contributed by atoms with Crippen LogP contribution in [0.3, 0.4) is 0 Å². The molecule has 0 heteroatoms. The van der Waals surface area contributed by atoms with Crippen molar-refractivity contribution >= 4 is 0 Å². The third-order valence-electron chi connectivity index (χ3n) is 5.40. The Kier molecular flexibility index (Phi) is 3.66. The topological polar surface area (TPSA) is 0 Å². The molecule has 0 bridgehead atoms. The van der Waals surface area contributed by atoms with Gasteiger partial charge in [0.05, 0.1) is 0 Å². The van der Waals surface area contributed by atoms with E-state index >= 15 is 0 Å². The summed E-state index contributed by atoms with van der Waals surface area (Å²) in [6, 6.07) is 0. The van der Waals surface area contributed by atoms with Gasteiger partial charge in [-0.15, -0.1) is 0 Å². The molecule has 1 saturated carbocycles. The molecule has 4 atom stereocenters. The zero-order valence-electron chi connectivity index (χ0n) is 10.9. The lowest BCUT2D eigenvalue weighted by Crippen LogP contribution is -2.26. The maximum absolute atomic E-state index is 2.49. The molecular formula is C14H28. The molecule has 1 fully saturated rings. The number of rotatable bonds is 5. The van der Waals surface area contributed by atoms with E-state index < -0.39 is 0 Å². The maximum Gasteiger partial charge on any atom is -0.0303 e. The number of hydrogen-bond acceptors (Lipinski definition) is 0. The Morgan fingerprint density at radius 1 is 1.14 bits per heavy atom. The highest BCUT2D eigenvalue weighted by atomic mass is 14.6. The standard InChI is InChI=1S/C14H28/c1-7-12-10(4)13(12)11(5)14(6,8-2)9-3/h10-13H,7-9H2,1-6H3. The van der Waals surface area contributed by atoms with Crippen LogP contribution in [0.5, 0.6) is 0 Å². The maximum atomic E-state index is 2.49. The van der Waals surface area contributed by atoms with Gasteiger partial charge in [0.1, 0.15) is 0 Å². The van der Waals surface area contributed by atoms with Gasteiger partial charge in [-0.3, -0.25) is 0 Å². The van der Waals surface area contributed by atoms with Crippen molar-refractivity contribution in [1.29, 1.82) is 0 Å². The normalized spacial score (nSPS) is 34.3. The first kappa shape index (κ1) is 12.1. The second kappa shape index (κ2) is 4.24. The van der Waals surface area contributed by atoms with Crippen molar-refractivity contribution < 1.29 is 0 Å². The first-order valence-corrected chi connectivity index (χ1v) is 6.51. The van der Waals surface area contributed by atoms with Crippen LogP contribution in [-0.4, -0.2) is 0 Å². The van der Waals surface area contributed by atoms with E-state index in [1.54, 1.807) is 0 Å². The van der Waals surface area contributed by atoms with E-state index in [0.717, 1.165) is 23.7 Å². The molecule has 0 spiro atoms. The third-order valence-corrected chi connectivity index (χ3v) is 5.40. The smallest absolute Gasteiger partial charge is 0.0303 e. The van der Waals surface area contributed by atoms with Crippen LogP contribution in [0.1, 0.15) is 60.8 Å². The average molecular weight is 196 g/mol. The molecule has 1 rings (SSSR count). The summed E-state index contributed by atoms with van der Waals surface area (Å²) < 4.78 is 0. The molecule has 14 heavy (non-hydrogen) atoms. The minimum Gasteiger partial charge on any atom is -0.0651 e.